The van der Waals surface area contributed by atoms with Crippen LogP contribution in [0.5, 0.6) is 0 Å². The summed E-state index contributed by atoms with van der Waals surface area (Å²) >= 11 is 3.42. The maximum atomic E-state index is 4.60. The van der Waals surface area contributed by atoms with Crippen molar-refractivity contribution < 1.29 is 0 Å². The average molecular weight is 292 g/mol. The second-order valence-electron chi connectivity index (χ2n) is 4.61. The molecular weight excluding hydrogens is 276 g/mol. The van der Waals surface area contributed by atoms with E-state index in [-0.39, 0.29) is 6.04 Å². The van der Waals surface area contributed by atoms with E-state index in [0.717, 1.165) is 22.2 Å². The van der Waals surface area contributed by atoms with Crippen molar-refractivity contribution >= 4 is 27.6 Å². The fraction of sp³-hybridized carbons (Fsp3) is 0.385. The molecule has 0 spiro atoms. The Bertz CT molecular complexity index is 681. The minimum atomic E-state index is 0.268. The summed E-state index contributed by atoms with van der Waals surface area (Å²) in [7, 11) is 0. The molecule has 1 atom stereocenters. The van der Waals surface area contributed by atoms with Crippen LogP contribution in [0.4, 0.5) is 0 Å². The number of rotatable bonds is 4. The molecule has 1 unspecified atom stereocenters. The van der Waals surface area contributed by atoms with Crippen molar-refractivity contribution in [2.45, 2.75) is 33.4 Å². The van der Waals surface area contributed by atoms with Crippen LogP contribution >= 0.6 is 22.7 Å². The van der Waals surface area contributed by atoms with Gasteiger partial charge < -0.3 is 5.32 Å². The molecule has 0 radical (unpaired) electrons. The quantitative estimate of drug-likeness (QED) is 0.802. The first kappa shape index (κ1) is 12.8. The molecule has 4 nitrogen and oxygen atoms in total. The second-order valence-corrected chi connectivity index (χ2v) is 6.75. The molecule has 19 heavy (non-hydrogen) atoms. The molecule has 100 valence electrons. The Hall–Kier alpha value is -1.24. The van der Waals surface area contributed by atoms with Gasteiger partial charge in [-0.15, -0.1) is 22.7 Å². The van der Waals surface area contributed by atoms with Crippen LogP contribution < -0.4 is 5.32 Å². The third kappa shape index (κ3) is 2.43. The molecule has 0 bridgehead atoms. The van der Waals surface area contributed by atoms with Crippen LogP contribution in [0.15, 0.2) is 17.8 Å². The highest BCUT2D eigenvalue weighted by atomic mass is 32.1. The minimum absolute atomic E-state index is 0.268. The van der Waals surface area contributed by atoms with E-state index in [0.29, 0.717) is 0 Å². The van der Waals surface area contributed by atoms with E-state index in [2.05, 4.69) is 46.7 Å². The van der Waals surface area contributed by atoms with Gasteiger partial charge in [-0.2, -0.15) is 0 Å². The van der Waals surface area contributed by atoms with Gasteiger partial charge in [0, 0.05) is 29.2 Å². The Kier molecular flexibility index (Phi) is 3.38. The van der Waals surface area contributed by atoms with Gasteiger partial charge in [0.25, 0.3) is 0 Å². The van der Waals surface area contributed by atoms with Crippen LogP contribution in [0, 0.1) is 13.8 Å². The highest BCUT2D eigenvalue weighted by molar-refractivity contribution is 7.17. The van der Waals surface area contributed by atoms with Gasteiger partial charge in [0.2, 0.25) is 0 Å². The van der Waals surface area contributed by atoms with Gasteiger partial charge in [-0.3, -0.25) is 4.40 Å². The summed E-state index contributed by atoms with van der Waals surface area (Å²) in [5.74, 6) is 0. The number of hydrogen-bond donors (Lipinski definition) is 1. The lowest BCUT2D eigenvalue weighted by Gasteiger charge is -2.11. The van der Waals surface area contributed by atoms with Gasteiger partial charge in [0.15, 0.2) is 4.96 Å². The van der Waals surface area contributed by atoms with E-state index in [4.69, 9.17) is 0 Å². The van der Waals surface area contributed by atoms with Gasteiger partial charge in [-0.1, -0.05) is 0 Å². The molecule has 0 aliphatic heterocycles. The van der Waals surface area contributed by atoms with Gasteiger partial charge in [0.05, 0.1) is 17.4 Å². The fourth-order valence-corrected chi connectivity index (χ4v) is 3.67. The van der Waals surface area contributed by atoms with E-state index in [1.165, 1.54) is 10.6 Å². The number of aromatic nitrogens is 3. The molecule has 6 heteroatoms. The molecule has 0 amide bonds. The molecule has 0 fully saturated rings. The van der Waals surface area contributed by atoms with Crippen LogP contribution in [-0.2, 0) is 6.54 Å². The SMILES string of the molecule is Cc1cn2c(CNC(C)c3nccs3)c(C)nc2s1. The van der Waals surface area contributed by atoms with Crippen molar-refractivity contribution in [1.82, 2.24) is 19.7 Å². The molecule has 0 aliphatic carbocycles. The standard InChI is InChI=1S/C13H16N4S2/c1-8-7-17-11(9(2)16-13(17)19-8)6-15-10(3)12-14-4-5-18-12/h4-5,7,10,15H,6H2,1-3H3. The van der Waals surface area contributed by atoms with Crippen LogP contribution in [0.25, 0.3) is 4.96 Å². The number of hydrogen-bond acceptors (Lipinski definition) is 5. The molecular formula is C13H16N4S2. The number of nitrogens with one attached hydrogen (secondary N) is 1. The van der Waals surface area contributed by atoms with E-state index in [1.807, 2.05) is 11.6 Å². The Morgan fingerprint density at radius 2 is 2.26 bits per heavy atom. The predicted octanol–water partition coefficient (Wildman–Crippen LogP) is 3.32. The molecule has 3 heterocycles. The fourth-order valence-electron chi connectivity index (χ4n) is 2.11. The first-order valence-corrected chi connectivity index (χ1v) is 7.91. The van der Waals surface area contributed by atoms with Gasteiger partial charge in [-0.05, 0) is 20.8 Å². The number of thiazole rings is 2. The Balaban J connectivity index is 1.79. The molecule has 3 rings (SSSR count). The zero-order valence-corrected chi connectivity index (χ0v) is 12.8. The van der Waals surface area contributed by atoms with E-state index in [1.54, 1.807) is 22.7 Å². The summed E-state index contributed by atoms with van der Waals surface area (Å²) in [6.45, 7) is 7.14. The normalized spacial score (nSPS) is 13.2. The van der Waals surface area contributed by atoms with Crippen molar-refractivity contribution in [3.05, 3.63) is 39.0 Å². The highest BCUT2D eigenvalue weighted by Gasteiger charge is 2.13. The average Bonchev–Trinajstić information content (AvgIpc) is 3.03. The van der Waals surface area contributed by atoms with E-state index in [9.17, 15) is 0 Å². The molecule has 1 N–H and O–H groups in total. The topological polar surface area (TPSA) is 42.2 Å². The number of nitrogens with zero attached hydrogens (tertiary/aromatic N) is 3. The largest absolute Gasteiger partial charge is 0.302 e. The van der Waals surface area contributed by atoms with Crippen molar-refractivity contribution in [2.75, 3.05) is 0 Å². The van der Waals surface area contributed by atoms with Gasteiger partial charge in [0.1, 0.15) is 5.01 Å². The van der Waals surface area contributed by atoms with Crippen LogP contribution in [-0.4, -0.2) is 14.4 Å². The molecule has 0 aromatic carbocycles. The van der Waals surface area contributed by atoms with E-state index < -0.39 is 0 Å². The Morgan fingerprint density at radius 3 is 3.00 bits per heavy atom. The number of aryl methyl sites for hydroxylation is 2. The van der Waals surface area contributed by atoms with E-state index >= 15 is 0 Å². The molecule has 0 saturated heterocycles. The van der Waals surface area contributed by atoms with Gasteiger partial charge >= 0.3 is 0 Å². The van der Waals surface area contributed by atoms with Crippen molar-refractivity contribution in [2.24, 2.45) is 0 Å². The maximum Gasteiger partial charge on any atom is 0.194 e. The lowest BCUT2D eigenvalue weighted by Crippen LogP contribution is -2.19. The third-order valence-corrected chi connectivity index (χ3v) is 4.99. The lowest BCUT2D eigenvalue weighted by atomic mass is 10.3. The van der Waals surface area contributed by atoms with Gasteiger partial charge in [-0.25, -0.2) is 9.97 Å². The maximum absolute atomic E-state index is 4.60. The van der Waals surface area contributed by atoms with Crippen LogP contribution in [0.2, 0.25) is 0 Å². The minimum Gasteiger partial charge on any atom is -0.302 e. The van der Waals surface area contributed by atoms with Crippen LogP contribution in [0.3, 0.4) is 0 Å². The number of imidazole rings is 1. The summed E-state index contributed by atoms with van der Waals surface area (Å²) in [5.41, 5.74) is 2.34. The summed E-state index contributed by atoms with van der Waals surface area (Å²) in [6.07, 6.45) is 4.01. The number of fused-ring (bicyclic) bond motifs is 1. The predicted molar refractivity (Wildman–Crippen MR) is 79.9 cm³/mol. The summed E-state index contributed by atoms with van der Waals surface area (Å²) in [6, 6.07) is 0.268. The molecule has 3 aromatic rings. The third-order valence-electron chi connectivity index (χ3n) is 3.14. The molecule has 0 aliphatic rings. The van der Waals surface area contributed by atoms with Crippen molar-refractivity contribution in [3.63, 3.8) is 0 Å². The monoisotopic (exact) mass is 292 g/mol. The lowest BCUT2D eigenvalue weighted by molar-refractivity contribution is 0.562. The molecule has 0 saturated carbocycles. The smallest absolute Gasteiger partial charge is 0.194 e. The zero-order valence-electron chi connectivity index (χ0n) is 11.2. The first-order valence-electron chi connectivity index (χ1n) is 6.22. The van der Waals surface area contributed by atoms with Crippen LogP contribution in [0.1, 0.15) is 34.2 Å². The summed E-state index contributed by atoms with van der Waals surface area (Å²) < 4.78 is 2.19. The Labute approximate surface area is 120 Å². The highest BCUT2D eigenvalue weighted by Crippen LogP contribution is 2.21. The zero-order chi connectivity index (χ0) is 13.4. The van der Waals surface area contributed by atoms with Crippen molar-refractivity contribution in [3.8, 4) is 0 Å². The summed E-state index contributed by atoms with van der Waals surface area (Å²) in [5, 5.41) is 6.66. The molecule has 3 aromatic heterocycles. The first-order chi connectivity index (χ1) is 9.15. The summed E-state index contributed by atoms with van der Waals surface area (Å²) in [4.78, 5) is 11.3. The Morgan fingerprint density at radius 1 is 1.42 bits per heavy atom. The van der Waals surface area contributed by atoms with Crippen molar-refractivity contribution in [1.29, 1.82) is 0 Å². The second kappa shape index (κ2) is 5.03.